The van der Waals surface area contributed by atoms with Gasteiger partial charge >= 0.3 is 5.97 Å². The zero-order valence-electron chi connectivity index (χ0n) is 12.5. The van der Waals surface area contributed by atoms with E-state index in [1.165, 1.54) is 0 Å². The molecular weight excluding hydrogens is 226 g/mol. The van der Waals surface area contributed by atoms with Crippen LogP contribution in [0, 0.1) is 12.8 Å². The number of carbonyl (C=O) groups is 1. The van der Waals surface area contributed by atoms with Gasteiger partial charge in [-0.25, -0.2) is 0 Å². The largest absolute Gasteiger partial charge is 0.462 e. The molecule has 0 bridgehead atoms. The molecule has 1 saturated heterocycles. The Morgan fingerprint density at radius 1 is 1.33 bits per heavy atom. The molecule has 3 nitrogen and oxygen atoms in total. The number of esters is 1. The zero-order valence-corrected chi connectivity index (χ0v) is 12.5. The number of piperidine rings is 1. The van der Waals surface area contributed by atoms with Gasteiger partial charge in [0.1, 0.15) is 6.10 Å². The van der Waals surface area contributed by atoms with Gasteiger partial charge in [-0.3, -0.25) is 4.79 Å². The summed E-state index contributed by atoms with van der Waals surface area (Å²) in [5.41, 5.74) is 0.0639. The Balaban J connectivity index is 3.02. The van der Waals surface area contributed by atoms with E-state index in [4.69, 9.17) is 4.74 Å². The summed E-state index contributed by atoms with van der Waals surface area (Å²) < 4.78 is 5.50. The minimum absolute atomic E-state index is 0.0175. The van der Waals surface area contributed by atoms with E-state index in [2.05, 4.69) is 46.9 Å². The van der Waals surface area contributed by atoms with Crippen molar-refractivity contribution in [3.05, 3.63) is 6.92 Å². The summed E-state index contributed by atoms with van der Waals surface area (Å²) in [5, 5.41) is 3.80. The number of nitrogens with one attached hydrogen (secondary N) is 1. The third-order valence-corrected chi connectivity index (χ3v) is 4.74. The van der Waals surface area contributed by atoms with Crippen molar-refractivity contribution in [1.82, 2.24) is 5.32 Å². The van der Waals surface area contributed by atoms with Gasteiger partial charge in [-0.15, -0.1) is 0 Å². The fourth-order valence-electron chi connectivity index (χ4n) is 3.42. The highest BCUT2D eigenvalue weighted by atomic mass is 16.5. The molecule has 0 aromatic carbocycles. The molecule has 0 saturated carbocycles. The average Bonchev–Trinajstić information content (AvgIpc) is 2.28. The molecule has 1 rings (SSSR count). The molecule has 0 aliphatic carbocycles. The number of hydrogen-bond acceptors (Lipinski definition) is 3. The monoisotopic (exact) mass is 254 g/mol. The predicted molar refractivity (Wildman–Crippen MR) is 74.2 cm³/mol. The van der Waals surface area contributed by atoms with Crippen molar-refractivity contribution in [3.8, 4) is 0 Å². The van der Waals surface area contributed by atoms with E-state index in [1.807, 2.05) is 0 Å². The molecule has 1 heterocycles. The van der Waals surface area contributed by atoms with Crippen LogP contribution in [0.3, 0.4) is 0 Å². The second-order valence-corrected chi connectivity index (χ2v) is 6.06. The number of rotatable bonds is 4. The smallest absolute Gasteiger partial charge is 0.306 e. The molecule has 1 fully saturated rings. The van der Waals surface area contributed by atoms with E-state index >= 15 is 0 Å². The van der Waals surface area contributed by atoms with Gasteiger partial charge in [0, 0.05) is 23.4 Å². The molecule has 1 N–H and O–H groups in total. The molecule has 0 aromatic heterocycles. The van der Waals surface area contributed by atoms with Crippen LogP contribution >= 0.6 is 0 Å². The lowest BCUT2D eigenvalue weighted by Gasteiger charge is -2.53. The second kappa shape index (κ2) is 5.60. The first-order chi connectivity index (χ1) is 8.30. The van der Waals surface area contributed by atoms with Gasteiger partial charge in [0.05, 0.1) is 6.92 Å². The van der Waals surface area contributed by atoms with Gasteiger partial charge in [-0.05, 0) is 33.1 Å². The SMILES string of the molecule is [CH2]C(=O)OC1CC(C)(CC)NC(C)(CC)C1CC. The lowest BCUT2D eigenvalue weighted by atomic mass is 9.68. The van der Waals surface area contributed by atoms with Crippen LogP contribution in [0.2, 0.25) is 0 Å². The quantitative estimate of drug-likeness (QED) is 0.783. The van der Waals surface area contributed by atoms with Gasteiger partial charge in [0.15, 0.2) is 0 Å². The van der Waals surface area contributed by atoms with E-state index < -0.39 is 5.97 Å². The van der Waals surface area contributed by atoms with E-state index in [0.717, 1.165) is 25.7 Å². The molecular formula is C15H28NO2. The van der Waals surface area contributed by atoms with E-state index in [1.54, 1.807) is 0 Å². The highest BCUT2D eigenvalue weighted by Gasteiger charge is 2.48. The third-order valence-electron chi connectivity index (χ3n) is 4.74. The van der Waals surface area contributed by atoms with E-state index in [-0.39, 0.29) is 17.2 Å². The fraction of sp³-hybridized carbons (Fsp3) is 0.867. The molecule has 1 aliphatic heterocycles. The van der Waals surface area contributed by atoms with Gasteiger partial charge in [0.2, 0.25) is 0 Å². The van der Waals surface area contributed by atoms with Crippen LogP contribution in [-0.2, 0) is 9.53 Å². The minimum atomic E-state index is -0.405. The molecule has 0 spiro atoms. The number of ether oxygens (including phenoxy) is 1. The fourth-order valence-corrected chi connectivity index (χ4v) is 3.42. The first-order valence-electron chi connectivity index (χ1n) is 7.12. The summed E-state index contributed by atoms with van der Waals surface area (Å²) in [4.78, 5) is 11.2. The summed E-state index contributed by atoms with van der Waals surface area (Å²) in [6.45, 7) is 14.4. The lowest BCUT2D eigenvalue weighted by molar-refractivity contribution is -0.154. The number of hydrogen-bond donors (Lipinski definition) is 1. The third kappa shape index (κ3) is 3.05. The van der Waals surface area contributed by atoms with Gasteiger partial charge in [0.25, 0.3) is 0 Å². The Labute approximate surface area is 112 Å². The van der Waals surface area contributed by atoms with Gasteiger partial charge in [-0.1, -0.05) is 20.8 Å². The van der Waals surface area contributed by atoms with Gasteiger partial charge < -0.3 is 10.1 Å². The van der Waals surface area contributed by atoms with E-state index in [0.29, 0.717) is 5.92 Å². The normalized spacial score (nSPS) is 40.6. The van der Waals surface area contributed by atoms with Crippen molar-refractivity contribution >= 4 is 5.97 Å². The summed E-state index contributed by atoms with van der Waals surface area (Å²) in [6.07, 6.45) is 3.93. The first-order valence-corrected chi connectivity index (χ1v) is 7.12. The maximum atomic E-state index is 11.2. The average molecular weight is 254 g/mol. The van der Waals surface area contributed by atoms with Crippen molar-refractivity contribution in [2.45, 2.75) is 77.5 Å². The summed E-state index contributed by atoms with van der Waals surface area (Å²) >= 11 is 0. The van der Waals surface area contributed by atoms with Crippen LogP contribution in [0.15, 0.2) is 0 Å². The zero-order chi connectivity index (χ0) is 14.0. The van der Waals surface area contributed by atoms with Crippen molar-refractivity contribution in [2.75, 3.05) is 0 Å². The topological polar surface area (TPSA) is 38.3 Å². The molecule has 0 amide bonds. The molecule has 3 heteroatoms. The Morgan fingerprint density at radius 2 is 1.94 bits per heavy atom. The van der Waals surface area contributed by atoms with E-state index in [9.17, 15) is 4.79 Å². The number of carbonyl (C=O) groups excluding carboxylic acids is 1. The molecule has 4 unspecified atom stereocenters. The molecule has 4 atom stereocenters. The molecule has 105 valence electrons. The van der Waals surface area contributed by atoms with Crippen LogP contribution < -0.4 is 5.32 Å². The van der Waals surface area contributed by atoms with Crippen molar-refractivity contribution in [3.63, 3.8) is 0 Å². The van der Waals surface area contributed by atoms with Crippen LogP contribution in [0.1, 0.15) is 60.3 Å². The van der Waals surface area contributed by atoms with Crippen molar-refractivity contribution < 1.29 is 9.53 Å². The highest BCUT2D eigenvalue weighted by molar-refractivity contribution is 5.74. The Morgan fingerprint density at radius 3 is 2.33 bits per heavy atom. The Bertz CT molecular complexity index is 305. The van der Waals surface area contributed by atoms with Crippen LogP contribution in [-0.4, -0.2) is 23.2 Å². The molecule has 0 aromatic rings. The molecule has 18 heavy (non-hydrogen) atoms. The Hall–Kier alpha value is -0.570. The standard InChI is InChI=1S/C15H28NO2/c1-7-12-13(18-11(4)17)10-14(5,8-2)16-15(12,6)9-3/h12-13,16H,4,7-10H2,1-3,5-6H3. The van der Waals surface area contributed by atoms with Crippen LogP contribution in [0.4, 0.5) is 0 Å². The maximum absolute atomic E-state index is 11.2. The summed E-state index contributed by atoms with van der Waals surface area (Å²) in [5.74, 6) is -0.0509. The summed E-state index contributed by atoms with van der Waals surface area (Å²) in [6, 6.07) is 0. The van der Waals surface area contributed by atoms with Crippen LogP contribution in [0.25, 0.3) is 0 Å². The van der Waals surface area contributed by atoms with Crippen molar-refractivity contribution in [1.29, 1.82) is 0 Å². The first kappa shape index (κ1) is 15.5. The molecule has 1 aliphatic rings. The van der Waals surface area contributed by atoms with Gasteiger partial charge in [-0.2, -0.15) is 0 Å². The Kier molecular flexibility index (Phi) is 4.82. The van der Waals surface area contributed by atoms with Crippen molar-refractivity contribution in [2.24, 2.45) is 5.92 Å². The highest BCUT2D eigenvalue weighted by Crippen LogP contribution is 2.40. The predicted octanol–water partition coefficient (Wildman–Crippen LogP) is 3.09. The summed E-state index contributed by atoms with van der Waals surface area (Å²) in [7, 11) is 0. The maximum Gasteiger partial charge on any atom is 0.306 e. The van der Waals surface area contributed by atoms with Crippen LogP contribution in [0.5, 0.6) is 0 Å². The minimum Gasteiger partial charge on any atom is -0.462 e. The lowest BCUT2D eigenvalue weighted by Crippen LogP contribution is -2.66. The second-order valence-electron chi connectivity index (χ2n) is 6.06. The molecule has 1 radical (unpaired) electrons.